The van der Waals surface area contributed by atoms with Gasteiger partial charge < -0.3 is 10.4 Å². The summed E-state index contributed by atoms with van der Waals surface area (Å²) in [5, 5.41) is 12.6. The molecule has 72 valence electrons. The predicted octanol–water partition coefficient (Wildman–Crippen LogP) is 1.54. The molecule has 2 atom stereocenters. The number of hydrogen-bond donors (Lipinski definition) is 2. The number of nitrogens with one attached hydrogen (secondary N) is 1. The molecule has 12 heavy (non-hydrogen) atoms. The maximum Gasteiger partial charge on any atom is 0.0662 e. The van der Waals surface area contributed by atoms with Gasteiger partial charge in [-0.25, -0.2) is 0 Å². The van der Waals surface area contributed by atoms with Crippen LogP contribution in [0.2, 0.25) is 0 Å². The quantitative estimate of drug-likeness (QED) is 0.635. The summed E-state index contributed by atoms with van der Waals surface area (Å²) in [4.78, 5) is 0. The van der Waals surface area contributed by atoms with Gasteiger partial charge in [0, 0.05) is 12.6 Å². The molecule has 1 rings (SSSR count). The molecule has 2 unspecified atom stereocenters. The van der Waals surface area contributed by atoms with E-state index in [2.05, 4.69) is 12.2 Å². The summed E-state index contributed by atoms with van der Waals surface area (Å²) in [7, 11) is 0. The van der Waals surface area contributed by atoms with E-state index in [-0.39, 0.29) is 6.10 Å². The number of aliphatic hydroxyl groups is 1. The molecule has 2 N–H and O–H groups in total. The zero-order valence-electron chi connectivity index (χ0n) is 8.21. The largest absolute Gasteiger partial charge is 0.392 e. The Labute approximate surface area is 75.4 Å². The van der Waals surface area contributed by atoms with E-state index in [1.807, 2.05) is 6.92 Å². The van der Waals surface area contributed by atoms with Crippen molar-refractivity contribution in [3.05, 3.63) is 0 Å². The average Bonchev–Trinajstić information content (AvgIpc) is 2.84. The molecule has 0 aliphatic heterocycles. The SMILES string of the molecule is CCC(O)CNC(C)CC1CC1. The molecule has 2 nitrogen and oxygen atoms in total. The third-order valence-electron chi connectivity index (χ3n) is 2.56. The third-order valence-corrected chi connectivity index (χ3v) is 2.56. The summed E-state index contributed by atoms with van der Waals surface area (Å²) in [5.41, 5.74) is 0. The van der Waals surface area contributed by atoms with Crippen LogP contribution in [-0.2, 0) is 0 Å². The van der Waals surface area contributed by atoms with Crippen LogP contribution in [0.3, 0.4) is 0 Å². The molecular formula is C10H21NO. The minimum Gasteiger partial charge on any atom is -0.392 e. The van der Waals surface area contributed by atoms with Crippen LogP contribution in [0.5, 0.6) is 0 Å². The molecule has 0 aromatic carbocycles. The molecule has 0 radical (unpaired) electrons. The van der Waals surface area contributed by atoms with Crippen LogP contribution in [0.25, 0.3) is 0 Å². The molecule has 0 saturated heterocycles. The normalized spacial score (nSPS) is 22.2. The van der Waals surface area contributed by atoms with Crippen molar-refractivity contribution >= 4 is 0 Å². The molecule has 1 fully saturated rings. The summed E-state index contributed by atoms with van der Waals surface area (Å²) < 4.78 is 0. The lowest BCUT2D eigenvalue weighted by atomic mass is 10.1. The maximum absolute atomic E-state index is 9.29. The fourth-order valence-corrected chi connectivity index (χ4v) is 1.42. The lowest BCUT2D eigenvalue weighted by Gasteiger charge is -2.15. The summed E-state index contributed by atoms with van der Waals surface area (Å²) in [5.74, 6) is 0.978. The molecule has 2 heteroatoms. The second-order valence-corrected chi connectivity index (χ2v) is 4.05. The van der Waals surface area contributed by atoms with Crippen LogP contribution in [0.15, 0.2) is 0 Å². The second-order valence-electron chi connectivity index (χ2n) is 4.05. The summed E-state index contributed by atoms with van der Waals surface area (Å²) in [6.45, 7) is 4.98. The molecule has 0 heterocycles. The maximum atomic E-state index is 9.29. The fraction of sp³-hybridized carbons (Fsp3) is 1.00. The van der Waals surface area contributed by atoms with Gasteiger partial charge in [-0.05, 0) is 25.7 Å². The highest BCUT2D eigenvalue weighted by Crippen LogP contribution is 2.33. The fourth-order valence-electron chi connectivity index (χ4n) is 1.42. The van der Waals surface area contributed by atoms with Crippen molar-refractivity contribution in [3.8, 4) is 0 Å². The molecule has 1 aliphatic rings. The Bertz CT molecular complexity index is 123. The number of rotatable bonds is 6. The van der Waals surface area contributed by atoms with E-state index < -0.39 is 0 Å². The van der Waals surface area contributed by atoms with Crippen molar-refractivity contribution in [1.82, 2.24) is 5.32 Å². The molecule has 0 aromatic heterocycles. The molecular weight excluding hydrogens is 150 g/mol. The first-order valence-electron chi connectivity index (χ1n) is 5.13. The minimum atomic E-state index is -0.161. The predicted molar refractivity (Wildman–Crippen MR) is 51.1 cm³/mol. The van der Waals surface area contributed by atoms with Crippen LogP contribution in [0.4, 0.5) is 0 Å². The van der Waals surface area contributed by atoms with Gasteiger partial charge in [0.05, 0.1) is 6.10 Å². The minimum absolute atomic E-state index is 0.161. The van der Waals surface area contributed by atoms with Gasteiger partial charge in [-0.3, -0.25) is 0 Å². The van der Waals surface area contributed by atoms with Gasteiger partial charge in [0.2, 0.25) is 0 Å². The van der Waals surface area contributed by atoms with Crippen LogP contribution >= 0.6 is 0 Å². The Morgan fingerprint density at radius 1 is 1.50 bits per heavy atom. The standard InChI is InChI=1S/C10H21NO/c1-3-10(12)7-11-8(2)6-9-4-5-9/h8-12H,3-7H2,1-2H3. The summed E-state index contributed by atoms with van der Waals surface area (Å²) >= 11 is 0. The molecule has 0 aromatic rings. The van der Waals surface area contributed by atoms with Gasteiger partial charge in [-0.2, -0.15) is 0 Å². The summed E-state index contributed by atoms with van der Waals surface area (Å²) in [6, 6.07) is 0.582. The van der Waals surface area contributed by atoms with Gasteiger partial charge in [0.15, 0.2) is 0 Å². The zero-order valence-corrected chi connectivity index (χ0v) is 8.21. The van der Waals surface area contributed by atoms with Crippen molar-refractivity contribution in [1.29, 1.82) is 0 Å². The molecule has 1 saturated carbocycles. The van der Waals surface area contributed by atoms with E-state index in [4.69, 9.17) is 0 Å². The van der Waals surface area contributed by atoms with Crippen LogP contribution in [0.1, 0.15) is 39.5 Å². The van der Waals surface area contributed by atoms with Crippen molar-refractivity contribution in [3.63, 3.8) is 0 Å². The van der Waals surface area contributed by atoms with E-state index in [1.165, 1.54) is 19.3 Å². The first-order valence-corrected chi connectivity index (χ1v) is 5.13. The van der Waals surface area contributed by atoms with E-state index in [1.54, 1.807) is 0 Å². The third kappa shape index (κ3) is 4.07. The Morgan fingerprint density at radius 3 is 2.67 bits per heavy atom. The lowest BCUT2D eigenvalue weighted by molar-refractivity contribution is 0.162. The van der Waals surface area contributed by atoms with E-state index in [0.29, 0.717) is 6.04 Å². The lowest BCUT2D eigenvalue weighted by Crippen LogP contribution is -2.33. The van der Waals surface area contributed by atoms with E-state index in [0.717, 1.165) is 18.9 Å². The van der Waals surface area contributed by atoms with Crippen LogP contribution in [-0.4, -0.2) is 23.8 Å². The van der Waals surface area contributed by atoms with Crippen LogP contribution < -0.4 is 5.32 Å². The Morgan fingerprint density at radius 2 is 2.17 bits per heavy atom. The number of aliphatic hydroxyl groups excluding tert-OH is 1. The Kier molecular flexibility index (Phi) is 4.02. The Hall–Kier alpha value is -0.0800. The van der Waals surface area contributed by atoms with Crippen LogP contribution in [0, 0.1) is 5.92 Å². The first kappa shape index (κ1) is 10.0. The van der Waals surface area contributed by atoms with Crippen molar-refractivity contribution < 1.29 is 5.11 Å². The summed E-state index contributed by atoms with van der Waals surface area (Å²) in [6.07, 6.45) is 4.82. The molecule has 0 amide bonds. The topological polar surface area (TPSA) is 32.3 Å². The van der Waals surface area contributed by atoms with E-state index >= 15 is 0 Å². The number of hydrogen-bond acceptors (Lipinski definition) is 2. The monoisotopic (exact) mass is 171 g/mol. The van der Waals surface area contributed by atoms with Gasteiger partial charge in [-0.1, -0.05) is 19.8 Å². The smallest absolute Gasteiger partial charge is 0.0662 e. The Balaban J connectivity index is 1.96. The second kappa shape index (κ2) is 4.83. The van der Waals surface area contributed by atoms with Gasteiger partial charge in [0.25, 0.3) is 0 Å². The highest BCUT2D eigenvalue weighted by atomic mass is 16.3. The highest BCUT2D eigenvalue weighted by Gasteiger charge is 2.23. The van der Waals surface area contributed by atoms with Crippen molar-refractivity contribution in [2.24, 2.45) is 5.92 Å². The molecule has 1 aliphatic carbocycles. The van der Waals surface area contributed by atoms with Gasteiger partial charge >= 0.3 is 0 Å². The van der Waals surface area contributed by atoms with Gasteiger partial charge in [0.1, 0.15) is 0 Å². The zero-order chi connectivity index (χ0) is 8.97. The van der Waals surface area contributed by atoms with Crippen molar-refractivity contribution in [2.75, 3.05) is 6.54 Å². The molecule has 0 spiro atoms. The molecule has 0 bridgehead atoms. The van der Waals surface area contributed by atoms with Gasteiger partial charge in [-0.15, -0.1) is 0 Å². The highest BCUT2D eigenvalue weighted by molar-refractivity contribution is 4.78. The van der Waals surface area contributed by atoms with Crippen molar-refractivity contribution in [2.45, 2.75) is 51.7 Å². The van der Waals surface area contributed by atoms with E-state index in [9.17, 15) is 5.11 Å². The average molecular weight is 171 g/mol. The first-order chi connectivity index (χ1) is 5.72.